The summed E-state index contributed by atoms with van der Waals surface area (Å²) in [6, 6.07) is 0.150. The summed E-state index contributed by atoms with van der Waals surface area (Å²) in [4.78, 5) is 37.3. The molecule has 1 rings (SSSR count). The number of methoxy groups -OCH3 is 1. The molecule has 6 heteroatoms. The molecule has 0 aliphatic carbocycles. The largest absolute Gasteiger partial charge is 0.468 e. The highest BCUT2D eigenvalue weighted by atomic mass is 16.5. The van der Waals surface area contributed by atoms with Gasteiger partial charge in [-0.15, -0.1) is 0 Å². The van der Waals surface area contributed by atoms with E-state index in [2.05, 4.69) is 4.74 Å². The number of likely N-dealkylation sites (tertiary alicyclic amines) is 1. The summed E-state index contributed by atoms with van der Waals surface area (Å²) in [5, 5.41) is 0. The van der Waals surface area contributed by atoms with Crippen molar-refractivity contribution >= 4 is 17.8 Å². The molecule has 0 aromatic carbocycles. The zero-order chi connectivity index (χ0) is 13.7. The molecule has 0 saturated carbocycles. The number of hydrogen-bond donors (Lipinski definition) is 0. The first-order valence-electron chi connectivity index (χ1n) is 6.09. The molecule has 18 heavy (non-hydrogen) atoms. The normalized spacial score (nSPS) is 15.9. The van der Waals surface area contributed by atoms with Crippen LogP contribution in [0.4, 0.5) is 0 Å². The fourth-order valence-electron chi connectivity index (χ4n) is 1.85. The van der Waals surface area contributed by atoms with Crippen LogP contribution in [0, 0.1) is 0 Å². The van der Waals surface area contributed by atoms with Gasteiger partial charge in [0.15, 0.2) is 0 Å². The fourth-order valence-corrected chi connectivity index (χ4v) is 1.85. The molecule has 0 aromatic rings. The van der Waals surface area contributed by atoms with Gasteiger partial charge in [0.2, 0.25) is 11.8 Å². The number of ether oxygens (including phenoxy) is 1. The standard InChI is InChI=1S/C12H20N2O4/c1-9(2)13(8-12(17)18-3)6-7-14-10(15)4-5-11(14)16/h9H,4-8H2,1-3H3. The maximum atomic E-state index is 11.4. The zero-order valence-corrected chi connectivity index (χ0v) is 11.1. The third-order valence-corrected chi connectivity index (χ3v) is 3.06. The molecule has 0 aromatic heterocycles. The minimum Gasteiger partial charge on any atom is -0.468 e. The maximum absolute atomic E-state index is 11.4. The molecule has 1 aliphatic rings. The predicted molar refractivity (Wildman–Crippen MR) is 64.7 cm³/mol. The van der Waals surface area contributed by atoms with Crippen LogP contribution in [0.25, 0.3) is 0 Å². The predicted octanol–water partition coefficient (Wildman–Crippen LogP) is 0.0188. The molecule has 0 radical (unpaired) electrons. The lowest BCUT2D eigenvalue weighted by Crippen LogP contribution is -2.43. The molecule has 0 atom stereocenters. The monoisotopic (exact) mass is 256 g/mol. The summed E-state index contributed by atoms with van der Waals surface area (Å²) >= 11 is 0. The zero-order valence-electron chi connectivity index (χ0n) is 11.1. The minimum absolute atomic E-state index is 0.123. The van der Waals surface area contributed by atoms with E-state index >= 15 is 0 Å². The topological polar surface area (TPSA) is 66.9 Å². The molecule has 0 unspecified atom stereocenters. The van der Waals surface area contributed by atoms with Crippen molar-refractivity contribution in [3.05, 3.63) is 0 Å². The van der Waals surface area contributed by atoms with E-state index in [9.17, 15) is 14.4 Å². The minimum atomic E-state index is -0.317. The molecule has 102 valence electrons. The van der Waals surface area contributed by atoms with Crippen LogP contribution < -0.4 is 0 Å². The molecule has 0 spiro atoms. The van der Waals surface area contributed by atoms with Crippen molar-refractivity contribution in [2.45, 2.75) is 32.7 Å². The summed E-state index contributed by atoms with van der Waals surface area (Å²) in [5.74, 6) is -0.564. The molecule has 1 fully saturated rings. The van der Waals surface area contributed by atoms with E-state index in [4.69, 9.17) is 0 Å². The van der Waals surface area contributed by atoms with Crippen LogP contribution in [0.2, 0.25) is 0 Å². The molecule has 0 N–H and O–H groups in total. The van der Waals surface area contributed by atoms with Crippen molar-refractivity contribution in [1.82, 2.24) is 9.80 Å². The van der Waals surface area contributed by atoms with Gasteiger partial charge in [-0.1, -0.05) is 0 Å². The van der Waals surface area contributed by atoms with Gasteiger partial charge in [0, 0.05) is 32.0 Å². The Kier molecular flexibility index (Phi) is 5.27. The molecular weight excluding hydrogens is 236 g/mol. The van der Waals surface area contributed by atoms with Gasteiger partial charge in [0.1, 0.15) is 0 Å². The number of rotatable bonds is 6. The highest BCUT2D eigenvalue weighted by Gasteiger charge is 2.29. The van der Waals surface area contributed by atoms with Crippen molar-refractivity contribution in [3.8, 4) is 0 Å². The summed E-state index contributed by atoms with van der Waals surface area (Å²) < 4.78 is 4.62. The fraction of sp³-hybridized carbons (Fsp3) is 0.750. The van der Waals surface area contributed by atoms with Gasteiger partial charge in [-0.25, -0.2) is 0 Å². The van der Waals surface area contributed by atoms with E-state index in [0.717, 1.165) is 0 Å². The first-order valence-corrected chi connectivity index (χ1v) is 6.09. The summed E-state index contributed by atoms with van der Waals surface area (Å²) in [6.07, 6.45) is 0.606. The number of imide groups is 1. The quantitative estimate of drug-likeness (QED) is 0.495. The second-order valence-electron chi connectivity index (χ2n) is 4.58. The van der Waals surface area contributed by atoms with Crippen LogP contribution >= 0.6 is 0 Å². The van der Waals surface area contributed by atoms with Crippen molar-refractivity contribution < 1.29 is 19.1 Å². The Morgan fingerprint density at radius 1 is 1.33 bits per heavy atom. The Morgan fingerprint density at radius 3 is 2.33 bits per heavy atom. The molecule has 1 heterocycles. The van der Waals surface area contributed by atoms with E-state index in [1.54, 1.807) is 0 Å². The number of hydrogen-bond acceptors (Lipinski definition) is 5. The average molecular weight is 256 g/mol. The molecule has 6 nitrogen and oxygen atoms in total. The van der Waals surface area contributed by atoms with Gasteiger partial charge >= 0.3 is 5.97 Å². The van der Waals surface area contributed by atoms with E-state index < -0.39 is 0 Å². The van der Waals surface area contributed by atoms with Gasteiger partial charge in [0.05, 0.1) is 13.7 Å². The van der Waals surface area contributed by atoms with E-state index in [1.165, 1.54) is 12.0 Å². The lowest BCUT2D eigenvalue weighted by Gasteiger charge is -2.26. The maximum Gasteiger partial charge on any atom is 0.319 e. The van der Waals surface area contributed by atoms with Crippen LogP contribution in [0.3, 0.4) is 0 Å². The van der Waals surface area contributed by atoms with Gasteiger partial charge in [-0.05, 0) is 13.8 Å². The summed E-state index contributed by atoms with van der Waals surface area (Å²) in [5.41, 5.74) is 0. The Morgan fingerprint density at radius 2 is 1.89 bits per heavy atom. The Hall–Kier alpha value is -1.43. The van der Waals surface area contributed by atoms with Crippen molar-refractivity contribution in [1.29, 1.82) is 0 Å². The van der Waals surface area contributed by atoms with Gasteiger partial charge in [-0.2, -0.15) is 0 Å². The number of nitrogens with zero attached hydrogens (tertiary/aromatic N) is 2. The van der Waals surface area contributed by atoms with Crippen molar-refractivity contribution in [2.75, 3.05) is 26.7 Å². The number of carbonyl (C=O) groups is 3. The summed E-state index contributed by atoms with van der Waals surface area (Å²) in [7, 11) is 1.34. The lowest BCUT2D eigenvalue weighted by atomic mass is 10.3. The van der Waals surface area contributed by atoms with Crippen LogP contribution in [-0.4, -0.2) is 60.4 Å². The molecular formula is C12H20N2O4. The average Bonchev–Trinajstić information content (AvgIpc) is 2.64. The first-order chi connectivity index (χ1) is 8.45. The highest BCUT2D eigenvalue weighted by molar-refractivity contribution is 6.01. The van der Waals surface area contributed by atoms with Crippen molar-refractivity contribution in [3.63, 3.8) is 0 Å². The van der Waals surface area contributed by atoms with E-state index in [1.807, 2.05) is 18.7 Å². The van der Waals surface area contributed by atoms with Crippen LogP contribution in [0.5, 0.6) is 0 Å². The van der Waals surface area contributed by atoms with E-state index in [-0.39, 0.29) is 30.4 Å². The SMILES string of the molecule is COC(=O)CN(CCN1C(=O)CCC1=O)C(C)C. The van der Waals surface area contributed by atoms with Crippen molar-refractivity contribution in [2.24, 2.45) is 0 Å². The van der Waals surface area contributed by atoms with Gasteiger partial charge in [-0.3, -0.25) is 24.2 Å². The van der Waals surface area contributed by atoms with Crippen LogP contribution in [0.1, 0.15) is 26.7 Å². The highest BCUT2D eigenvalue weighted by Crippen LogP contribution is 2.11. The van der Waals surface area contributed by atoms with Gasteiger partial charge in [0.25, 0.3) is 0 Å². The molecule has 0 bridgehead atoms. The number of esters is 1. The summed E-state index contributed by atoms with van der Waals surface area (Å²) in [6.45, 7) is 4.91. The molecule has 1 saturated heterocycles. The van der Waals surface area contributed by atoms with Gasteiger partial charge < -0.3 is 4.74 Å². The smallest absolute Gasteiger partial charge is 0.319 e. The Balaban J connectivity index is 2.49. The van der Waals surface area contributed by atoms with Crippen LogP contribution in [0.15, 0.2) is 0 Å². The lowest BCUT2D eigenvalue weighted by molar-refractivity contribution is -0.142. The second-order valence-corrected chi connectivity index (χ2v) is 4.58. The second kappa shape index (κ2) is 6.49. The Bertz CT molecular complexity index is 325. The molecule has 2 amide bonds. The number of amides is 2. The Labute approximate surface area is 107 Å². The van der Waals surface area contributed by atoms with E-state index in [0.29, 0.717) is 25.9 Å². The first kappa shape index (κ1) is 14.6. The third kappa shape index (κ3) is 3.80. The third-order valence-electron chi connectivity index (χ3n) is 3.06. The number of carbonyl (C=O) groups excluding carboxylic acids is 3. The van der Waals surface area contributed by atoms with Crippen LogP contribution in [-0.2, 0) is 19.1 Å². The molecule has 1 aliphatic heterocycles.